The van der Waals surface area contributed by atoms with Gasteiger partial charge in [0, 0.05) is 19.1 Å². The molecule has 0 bridgehead atoms. The fourth-order valence-electron chi connectivity index (χ4n) is 2.83. The summed E-state index contributed by atoms with van der Waals surface area (Å²) in [5.74, 6) is 0.146. The third-order valence-corrected chi connectivity index (χ3v) is 3.73. The zero-order valence-electron chi connectivity index (χ0n) is 13.3. The van der Waals surface area contributed by atoms with E-state index in [1.807, 2.05) is 6.92 Å². The van der Waals surface area contributed by atoms with E-state index in [1.165, 1.54) is 12.8 Å². The van der Waals surface area contributed by atoms with Gasteiger partial charge < -0.3 is 15.5 Å². The minimum Gasteiger partial charge on any atom is -0.352 e. The maximum Gasteiger partial charge on any atom is 0.237 e. The first-order valence-electron chi connectivity index (χ1n) is 7.49. The molecule has 1 rings (SSSR count). The van der Waals surface area contributed by atoms with Crippen LogP contribution in [0.5, 0.6) is 0 Å². The van der Waals surface area contributed by atoms with Gasteiger partial charge in [0.15, 0.2) is 0 Å². The molecule has 1 atom stereocenters. The van der Waals surface area contributed by atoms with Crippen LogP contribution in [-0.2, 0) is 4.79 Å². The second-order valence-corrected chi connectivity index (χ2v) is 6.99. The molecule has 1 saturated carbocycles. The van der Waals surface area contributed by atoms with Gasteiger partial charge in [-0.1, -0.05) is 26.7 Å². The maximum atomic E-state index is 12.1. The molecule has 4 heteroatoms. The minimum absolute atomic E-state index is 0.109. The largest absolute Gasteiger partial charge is 0.352 e. The first kappa shape index (κ1) is 16.4. The van der Waals surface area contributed by atoms with Crippen molar-refractivity contribution in [2.24, 2.45) is 5.41 Å². The van der Waals surface area contributed by atoms with Gasteiger partial charge in [-0.25, -0.2) is 0 Å². The molecular formula is C15H31N3O. The summed E-state index contributed by atoms with van der Waals surface area (Å²) in [5, 5.41) is 6.51. The summed E-state index contributed by atoms with van der Waals surface area (Å²) in [6.45, 7) is 8.26. The van der Waals surface area contributed by atoms with Crippen LogP contribution in [0.15, 0.2) is 0 Å². The Morgan fingerprint density at radius 3 is 2.42 bits per heavy atom. The van der Waals surface area contributed by atoms with Crippen molar-refractivity contribution < 1.29 is 4.79 Å². The van der Waals surface area contributed by atoms with E-state index >= 15 is 0 Å². The highest BCUT2D eigenvalue weighted by atomic mass is 16.2. The fraction of sp³-hybridized carbons (Fsp3) is 0.933. The van der Waals surface area contributed by atoms with Crippen LogP contribution in [0.4, 0.5) is 0 Å². The van der Waals surface area contributed by atoms with Gasteiger partial charge >= 0.3 is 0 Å². The smallest absolute Gasteiger partial charge is 0.237 e. The molecule has 0 saturated heterocycles. The lowest BCUT2D eigenvalue weighted by Gasteiger charge is -2.30. The van der Waals surface area contributed by atoms with E-state index in [0.717, 1.165) is 25.9 Å². The van der Waals surface area contributed by atoms with Crippen LogP contribution >= 0.6 is 0 Å². The van der Waals surface area contributed by atoms with Gasteiger partial charge in [-0.05, 0) is 39.3 Å². The van der Waals surface area contributed by atoms with Crippen molar-refractivity contribution in [1.29, 1.82) is 0 Å². The third kappa shape index (κ3) is 6.39. The molecule has 0 aromatic heterocycles. The highest BCUT2D eigenvalue weighted by molar-refractivity contribution is 5.81. The molecule has 0 spiro atoms. The molecule has 0 heterocycles. The second-order valence-electron chi connectivity index (χ2n) is 6.99. The van der Waals surface area contributed by atoms with Crippen LogP contribution in [0.25, 0.3) is 0 Å². The molecule has 1 amide bonds. The zero-order chi connectivity index (χ0) is 14.5. The molecule has 0 radical (unpaired) electrons. The van der Waals surface area contributed by atoms with Crippen LogP contribution in [0.1, 0.15) is 46.5 Å². The molecule has 1 aliphatic carbocycles. The fourth-order valence-corrected chi connectivity index (χ4v) is 2.83. The van der Waals surface area contributed by atoms with Crippen molar-refractivity contribution in [3.63, 3.8) is 0 Å². The average Bonchev–Trinajstić information content (AvgIpc) is 2.76. The lowest BCUT2D eigenvalue weighted by Crippen LogP contribution is -2.49. The number of carbonyl (C=O) groups is 1. The van der Waals surface area contributed by atoms with Gasteiger partial charge in [-0.15, -0.1) is 0 Å². The SMILES string of the molecule is CC(NCC(C)(C)CN(C)C)C(=O)NC1CCCC1. The summed E-state index contributed by atoms with van der Waals surface area (Å²) in [6, 6.07) is 0.300. The van der Waals surface area contributed by atoms with E-state index < -0.39 is 0 Å². The maximum absolute atomic E-state index is 12.1. The summed E-state index contributed by atoms with van der Waals surface area (Å²) >= 11 is 0. The number of amides is 1. The van der Waals surface area contributed by atoms with Crippen LogP contribution in [0.3, 0.4) is 0 Å². The summed E-state index contributed by atoms with van der Waals surface area (Å²) in [6.07, 6.45) is 4.79. The number of rotatable bonds is 7. The molecule has 4 nitrogen and oxygen atoms in total. The molecule has 2 N–H and O–H groups in total. The quantitative estimate of drug-likeness (QED) is 0.738. The van der Waals surface area contributed by atoms with E-state index in [0.29, 0.717) is 6.04 Å². The van der Waals surface area contributed by atoms with Crippen molar-refractivity contribution in [2.75, 3.05) is 27.2 Å². The topological polar surface area (TPSA) is 44.4 Å². The standard InChI is InChI=1S/C15H31N3O/c1-12(14(19)17-13-8-6-7-9-13)16-10-15(2,3)11-18(4)5/h12-13,16H,6-11H2,1-5H3,(H,17,19). The molecule has 0 aliphatic heterocycles. The summed E-state index contributed by atoms with van der Waals surface area (Å²) in [7, 11) is 4.16. The van der Waals surface area contributed by atoms with Gasteiger partial charge in [0.2, 0.25) is 5.91 Å². The Labute approximate surface area is 118 Å². The molecule has 1 unspecified atom stereocenters. The van der Waals surface area contributed by atoms with Gasteiger partial charge in [0.05, 0.1) is 6.04 Å². The number of carbonyl (C=O) groups excluding carboxylic acids is 1. The Bertz CT molecular complexity index is 283. The highest BCUT2D eigenvalue weighted by Gasteiger charge is 2.23. The van der Waals surface area contributed by atoms with Crippen LogP contribution in [0, 0.1) is 5.41 Å². The van der Waals surface area contributed by atoms with Crippen LogP contribution in [0.2, 0.25) is 0 Å². The third-order valence-electron chi connectivity index (χ3n) is 3.73. The number of nitrogens with one attached hydrogen (secondary N) is 2. The Morgan fingerprint density at radius 2 is 1.89 bits per heavy atom. The van der Waals surface area contributed by atoms with Gasteiger partial charge in [0.1, 0.15) is 0 Å². The number of hydrogen-bond donors (Lipinski definition) is 2. The van der Waals surface area contributed by atoms with Crippen molar-refractivity contribution >= 4 is 5.91 Å². The normalized spacial score (nSPS) is 18.8. The average molecular weight is 269 g/mol. The molecule has 0 aromatic rings. The van der Waals surface area contributed by atoms with Gasteiger partial charge in [0.25, 0.3) is 0 Å². The Hall–Kier alpha value is -0.610. The van der Waals surface area contributed by atoms with Crippen molar-refractivity contribution in [1.82, 2.24) is 15.5 Å². The van der Waals surface area contributed by atoms with E-state index in [-0.39, 0.29) is 17.4 Å². The van der Waals surface area contributed by atoms with E-state index in [4.69, 9.17) is 0 Å². The number of nitrogens with zero attached hydrogens (tertiary/aromatic N) is 1. The molecular weight excluding hydrogens is 238 g/mol. The van der Waals surface area contributed by atoms with E-state index in [1.54, 1.807) is 0 Å². The predicted molar refractivity (Wildman–Crippen MR) is 80.2 cm³/mol. The van der Waals surface area contributed by atoms with Gasteiger partial charge in [-0.3, -0.25) is 4.79 Å². The van der Waals surface area contributed by atoms with Crippen LogP contribution < -0.4 is 10.6 Å². The van der Waals surface area contributed by atoms with E-state index in [9.17, 15) is 4.79 Å². The number of hydrogen-bond acceptors (Lipinski definition) is 3. The monoisotopic (exact) mass is 269 g/mol. The Kier molecular flexibility index (Phi) is 6.27. The van der Waals surface area contributed by atoms with Crippen LogP contribution in [-0.4, -0.2) is 50.1 Å². The first-order chi connectivity index (χ1) is 8.80. The summed E-state index contributed by atoms with van der Waals surface area (Å²) in [5.41, 5.74) is 0.172. The lowest BCUT2D eigenvalue weighted by molar-refractivity contribution is -0.123. The molecule has 19 heavy (non-hydrogen) atoms. The zero-order valence-corrected chi connectivity index (χ0v) is 13.3. The molecule has 112 valence electrons. The Balaban J connectivity index is 2.29. The van der Waals surface area contributed by atoms with Crippen molar-refractivity contribution in [3.8, 4) is 0 Å². The molecule has 1 fully saturated rings. The van der Waals surface area contributed by atoms with E-state index in [2.05, 4.69) is 43.5 Å². The molecule has 1 aliphatic rings. The molecule has 0 aromatic carbocycles. The summed E-state index contributed by atoms with van der Waals surface area (Å²) in [4.78, 5) is 14.2. The highest BCUT2D eigenvalue weighted by Crippen LogP contribution is 2.18. The van der Waals surface area contributed by atoms with Crippen molar-refractivity contribution in [2.45, 2.75) is 58.5 Å². The predicted octanol–water partition coefficient (Wildman–Crippen LogP) is 1.61. The van der Waals surface area contributed by atoms with Crippen molar-refractivity contribution in [3.05, 3.63) is 0 Å². The Morgan fingerprint density at radius 1 is 1.32 bits per heavy atom. The summed E-state index contributed by atoms with van der Waals surface area (Å²) < 4.78 is 0. The lowest BCUT2D eigenvalue weighted by atomic mass is 9.92. The second kappa shape index (κ2) is 7.25. The minimum atomic E-state index is -0.109. The van der Waals surface area contributed by atoms with Gasteiger partial charge in [-0.2, -0.15) is 0 Å². The first-order valence-corrected chi connectivity index (χ1v) is 7.49.